The standard InChI is InChI=1S/C19H15N5O2S2/c1-27-13-7-5-12(6-8-13)18-23-17(26-24-18)11-28-19-21-15(10-16(25)22-19)14-4-2-3-9-20-14/h2-10H,11H2,1H3,(H,21,22,25). The van der Waals surface area contributed by atoms with E-state index in [-0.39, 0.29) is 5.56 Å². The average Bonchev–Trinajstić information content (AvgIpc) is 3.22. The molecule has 0 unspecified atom stereocenters. The molecule has 0 spiro atoms. The molecule has 0 atom stereocenters. The van der Waals surface area contributed by atoms with E-state index in [0.717, 1.165) is 5.56 Å². The van der Waals surface area contributed by atoms with Gasteiger partial charge >= 0.3 is 0 Å². The van der Waals surface area contributed by atoms with Crippen molar-refractivity contribution in [1.82, 2.24) is 25.1 Å². The molecule has 28 heavy (non-hydrogen) atoms. The number of aromatic nitrogens is 5. The van der Waals surface area contributed by atoms with Gasteiger partial charge in [-0.05, 0) is 42.7 Å². The van der Waals surface area contributed by atoms with E-state index in [1.807, 2.05) is 48.7 Å². The number of benzene rings is 1. The van der Waals surface area contributed by atoms with Crippen molar-refractivity contribution < 1.29 is 4.52 Å². The number of H-pyrrole nitrogens is 1. The first-order valence-electron chi connectivity index (χ1n) is 8.34. The van der Waals surface area contributed by atoms with Crippen LogP contribution in [0.15, 0.2) is 74.1 Å². The van der Waals surface area contributed by atoms with Crippen LogP contribution in [0, 0.1) is 0 Å². The Bertz CT molecular complexity index is 1130. The fourth-order valence-corrected chi connectivity index (χ4v) is 3.57. The van der Waals surface area contributed by atoms with Gasteiger partial charge in [0.1, 0.15) is 0 Å². The largest absolute Gasteiger partial charge is 0.338 e. The van der Waals surface area contributed by atoms with Crippen molar-refractivity contribution in [2.75, 3.05) is 6.26 Å². The Morgan fingerprint density at radius 2 is 1.93 bits per heavy atom. The molecule has 3 heterocycles. The third-order valence-corrected chi connectivity index (χ3v) is 5.40. The van der Waals surface area contributed by atoms with Gasteiger partial charge in [0.25, 0.3) is 5.56 Å². The molecule has 140 valence electrons. The lowest BCUT2D eigenvalue weighted by Gasteiger charge is -2.02. The fourth-order valence-electron chi connectivity index (χ4n) is 2.45. The molecule has 0 aliphatic heterocycles. The smallest absolute Gasteiger partial charge is 0.252 e. The number of aromatic amines is 1. The highest BCUT2D eigenvalue weighted by molar-refractivity contribution is 7.98. The van der Waals surface area contributed by atoms with Gasteiger partial charge in [-0.3, -0.25) is 9.78 Å². The van der Waals surface area contributed by atoms with Gasteiger partial charge in [-0.15, -0.1) is 11.8 Å². The molecule has 0 saturated heterocycles. The molecule has 9 heteroatoms. The Kier molecular flexibility index (Phi) is 5.54. The Labute approximate surface area is 169 Å². The summed E-state index contributed by atoms with van der Waals surface area (Å²) < 4.78 is 5.32. The minimum Gasteiger partial charge on any atom is -0.338 e. The first kappa shape index (κ1) is 18.5. The lowest BCUT2D eigenvalue weighted by molar-refractivity contribution is 0.391. The van der Waals surface area contributed by atoms with E-state index in [0.29, 0.717) is 34.0 Å². The molecule has 0 aliphatic carbocycles. The molecule has 0 bridgehead atoms. The highest BCUT2D eigenvalue weighted by atomic mass is 32.2. The maximum absolute atomic E-state index is 11.9. The van der Waals surface area contributed by atoms with Crippen molar-refractivity contribution in [3.8, 4) is 22.8 Å². The van der Waals surface area contributed by atoms with Crippen LogP contribution in [-0.2, 0) is 5.75 Å². The molecule has 4 aromatic rings. The fraction of sp³-hybridized carbons (Fsp3) is 0.105. The summed E-state index contributed by atoms with van der Waals surface area (Å²) in [6.07, 6.45) is 3.69. The zero-order valence-corrected chi connectivity index (χ0v) is 16.5. The van der Waals surface area contributed by atoms with E-state index in [9.17, 15) is 4.79 Å². The average molecular weight is 409 g/mol. The van der Waals surface area contributed by atoms with Crippen molar-refractivity contribution >= 4 is 23.5 Å². The summed E-state index contributed by atoms with van der Waals surface area (Å²) in [5, 5.41) is 4.50. The summed E-state index contributed by atoms with van der Waals surface area (Å²) in [7, 11) is 0. The predicted octanol–water partition coefficient (Wildman–Crippen LogP) is 3.90. The van der Waals surface area contributed by atoms with Gasteiger partial charge in [0.2, 0.25) is 11.7 Å². The number of thioether (sulfide) groups is 2. The third kappa shape index (κ3) is 4.32. The van der Waals surface area contributed by atoms with E-state index in [4.69, 9.17) is 4.52 Å². The molecule has 1 aromatic carbocycles. The summed E-state index contributed by atoms with van der Waals surface area (Å²) >= 11 is 2.99. The van der Waals surface area contributed by atoms with Crippen LogP contribution < -0.4 is 5.56 Å². The van der Waals surface area contributed by atoms with Crippen LogP contribution in [0.5, 0.6) is 0 Å². The van der Waals surface area contributed by atoms with Gasteiger partial charge in [-0.25, -0.2) is 4.98 Å². The van der Waals surface area contributed by atoms with Crippen molar-refractivity contribution in [1.29, 1.82) is 0 Å². The summed E-state index contributed by atoms with van der Waals surface area (Å²) in [5.74, 6) is 1.39. The van der Waals surface area contributed by atoms with Crippen LogP contribution in [0.25, 0.3) is 22.8 Å². The number of nitrogens with zero attached hydrogens (tertiary/aromatic N) is 4. The second-order valence-electron chi connectivity index (χ2n) is 5.68. The van der Waals surface area contributed by atoms with Gasteiger partial charge in [0, 0.05) is 22.7 Å². The Hall–Kier alpha value is -2.91. The molecular weight excluding hydrogens is 394 g/mol. The van der Waals surface area contributed by atoms with Crippen molar-refractivity contribution in [2.24, 2.45) is 0 Å². The van der Waals surface area contributed by atoms with Gasteiger partial charge < -0.3 is 9.51 Å². The Morgan fingerprint density at radius 1 is 1.07 bits per heavy atom. The SMILES string of the molecule is CSc1ccc(-c2noc(CSc3nc(-c4ccccn4)cc(=O)[nH]3)n2)cc1. The van der Waals surface area contributed by atoms with Gasteiger partial charge in [0.05, 0.1) is 17.1 Å². The minimum absolute atomic E-state index is 0.238. The monoisotopic (exact) mass is 409 g/mol. The van der Waals surface area contributed by atoms with Crippen molar-refractivity contribution in [3.63, 3.8) is 0 Å². The normalized spacial score (nSPS) is 10.9. The quantitative estimate of drug-likeness (QED) is 0.378. The third-order valence-electron chi connectivity index (χ3n) is 3.80. The zero-order chi connectivity index (χ0) is 19.3. The molecule has 0 fully saturated rings. The van der Waals surface area contributed by atoms with E-state index >= 15 is 0 Å². The maximum Gasteiger partial charge on any atom is 0.252 e. The number of rotatable bonds is 6. The van der Waals surface area contributed by atoms with Crippen molar-refractivity contribution in [2.45, 2.75) is 15.8 Å². The summed E-state index contributed by atoms with van der Waals surface area (Å²) in [4.78, 5) is 28.9. The van der Waals surface area contributed by atoms with Gasteiger partial charge in [0.15, 0.2) is 5.16 Å². The molecule has 3 aromatic heterocycles. The molecule has 0 amide bonds. The van der Waals surface area contributed by atoms with Crippen LogP contribution in [-0.4, -0.2) is 31.3 Å². The summed E-state index contributed by atoms with van der Waals surface area (Å²) in [6, 6.07) is 14.9. The molecule has 0 radical (unpaired) electrons. The Morgan fingerprint density at radius 3 is 2.68 bits per heavy atom. The van der Waals surface area contributed by atoms with Gasteiger partial charge in [-0.1, -0.05) is 23.0 Å². The number of hydrogen-bond donors (Lipinski definition) is 1. The van der Waals surface area contributed by atoms with Gasteiger partial charge in [-0.2, -0.15) is 4.98 Å². The molecule has 0 saturated carbocycles. The molecule has 4 rings (SSSR count). The molecule has 0 aliphatic rings. The van der Waals surface area contributed by atoms with E-state index in [1.54, 1.807) is 18.0 Å². The van der Waals surface area contributed by atoms with E-state index in [2.05, 4.69) is 25.1 Å². The summed E-state index contributed by atoms with van der Waals surface area (Å²) in [5.41, 5.74) is 1.82. The highest BCUT2D eigenvalue weighted by Gasteiger charge is 2.11. The first-order chi connectivity index (χ1) is 13.7. The van der Waals surface area contributed by atoms with Crippen LogP contribution >= 0.6 is 23.5 Å². The predicted molar refractivity (Wildman–Crippen MR) is 109 cm³/mol. The Balaban J connectivity index is 1.48. The summed E-state index contributed by atoms with van der Waals surface area (Å²) in [6.45, 7) is 0. The number of pyridine rings is 1. The second-order valence-corrected chi connectivity index (χ2v) is 7.52. The first-order valence-corrected chi connectivity index (χ1v) is 10.5. The lowest BCUT2D eigenvalue weighted by atomic mass is 10.2. The van der Waals surface area contributed by atoms with Crippen LogP contribution in [0.2, 0.25) is 0 Å². The number of nitrogens with one attached hydrogen (secondary N) is 1. The maximum atomic E-state index is 11.9. The molecular formula is C19H15N5O2S2. The van der Waals surface area contributed by atoms with Crippen LogP contribution in [0.3, 0.4) is 0 Å². The molecule has 7 nitrogen and oxygen atoms in total. The van der Waals surface area contributed by atoms with E-state index < -0.39 is 0 Å². The lowest BCUT2D eigenvalue weighted by Crippen LogP contribution is -2.08. The van der Waals surface area contributed by atoms with Crippen molar-refractivity contribution in [3.05, 3.63) is 71.0 Å². The molecule has 1 N–H and O–H groups in total. The minimum atomic E-state index is -0.238. The highest BCUT2D eigenvalue weighted by Crippen LogP contribution is 2.24. The zero-order valence-electron chi connectivity index (χ0n) is 14.8. The van der Waals surface area contributed by atoms with E-state index in [1.165, 1.54) is 22.7 Å². The topological polar surface area (TPSA) is 97.6 Å². The van der Waals surface area contributed by atoms with Crippen LogP contribution in [0.4, 0.5) is 0 Å². The van der Waals surface area contributed by atoms with Crippen LogP contribution in [0.1, 0.15) is 5.89 Å². The number of hydrogen-bond acceptors (Lipinski definition) is 8. The second kappa shape index (κ2) is 8.41.